The quantitative estimate of drug-likeness (QED) is 0.807. The second-order valence-corrected chi connectivity index (χ2v) is 5.69. The maximum atomic E-state index is 13.4. The van der Waals surface area contributed by atoms with Gasteiger partial charge in [-0.3, -0.25) is 0 Å². The lowest BCUT2D eigenvalue weighted by Crippen LogP contribution is -2.37. The number of β-amino-alcohol motifs (C(OH)–C–C–N with tert-alkyl or cyclic N) is 1. The van der Waals surface area contributed by atoms with E-state index in [2.05, 4.69) is 10.2 Å². The van der Waals surface area contributed by atoms with E-state index in [0.717, 1.165) is 18.7 Å². The number of nitrogens with one attached hydrogen (secondary N) is 1. The van der Waals surface area contributed by atoms with Crippen molar-refractivity contribution in [3.05, 3.63) is 29.6 Å². The Kier molecular flexibility index (Phi) is 5.96. The molecule has 2 N–H and O–H groups in total. The van der Waals surface area contributed by atoms with Gasteiger partial charge in [0.15, 0.2) is 11.6 Å². The zero-order valence-electron chi connectivity index (χ0n) is 12.8. The fourth-order valence-corrected chi connectivity index (χ4v) is 2.70. The maximum absolute atomic E-state index is 13.4. The fraction of sp³-hybridized carbons (Fsp3) is 0.625. The lowest BCUT2D eigenvalue weighted by Gasteiger charge is -2.22. The van der Waals surface area contributed by atoms with Gasteiger partial charge in [0, 0.05) is 19.1 Å². The SMILES string of the molecule is COc1cc(C(C)NCC(O)CN2CCCC2)ccc1F. The van der Waals surface area contributed by atoms with Crippen LogP contribution in [0.3, 0.4) is 0 Å². The van der Waals surface area contributed by atoms with Gasteiger partial charge >= 0.3 is 0 Å². The molecule has 1 aromatic rings. The highest BCUT2D eigenvalue weighted by Crippen LogP contribution is 2.22. The van der Waals surface area contributed by atoms with Gasteiger partial charge in [0.1, 0.15) is 0 Å². The molecule has 0 radical (unpaired) electrons. The van der Waals surface area contributed by atoms with Crippen LogP contribution in [0.2, 0.25) is 0 Å². The number of hydrogen-bond acceptors (Lipinski definition) is 4. The van der Waals surface area contributed by atoms with E-state index in [1.54, 1.807) is 12.1 Å². The molecule has 21 heavy (non-hydrogen) atoms. The number of aliphatic hydroxyl groups excluding tert-OH is 1. The largest absolute Gasteiger partial charge is 0.494 e. The predicted octanol–water partition coefficient (Wildman–Crippen LogP) is 1.94. The van der Waals surface area contributed by atoms with E-state index in [-0.39, 0.29) is 23.7 Å². The summed E-state index contributed by atoms with van der Waals surface area (Å²) in [4.78, 5) is 2.29. The highest BCUT2D eigenvalue weighted by Gasteiger charge is 2.16. The molecule has 0 aromatic heterocycles. The Bertz CT molecular complexity index is 450. The van der Waals surface area contributed by atoms with Crippen LogP contribution < -0.4 is 10.1 Å². The summed E-state index contributed by atoms with van der Waals surface area (Å²) in [5, 5.41) is 13.4. The van der Waals surface area contributed by atoms with Gasteiger partial charge in [-0.1, -0.05) is 6.07 Å². The summed E-state index contributed by atoms with van der Waals surface area (Å²) in [5.74, 6) is -0.110. The van der Waals surface area contributed by atoms with Crippen molar-refractivity contribution in [3.63, 3.8) is 0 Å². The monoisotopic (exact) mass is 296 g/mol. The normalized spacial score (nSPS) is 18.7. The van der Waals surface area contributed by atoms with Gasteiger partial charge in [-0.15, -0.1) is 0 Å². The summed E-state index contributed by atoms with van der Waals surface area (Å²) < 4.78 is 18.4. The highest BCUT2D eigenvalue weighted by atomic mass is 19.1. The minimum atomic E-state index is -0.382. The third-order valence-corrected chi connectivity index (χ3v) is 4.00. The van der Waals surface area contributed by atoms with Crippen LogP contribution in [-0.2, 0) is 0 Å². The van der Waals surface area contributed by atoms with Crippen LogP contribution in [0.5, 0.6) is 5.75 Å². The smallest absolute Gasteiger partial charge is 0.165 e. The van der Waals surface area contributed by atoms with E-state index < -0.39 is 0 Å². The highest BCUT2D eigenvalue weighted by molar-refractivity contribution is 5.31. The van der Waals surface area contributed by atoms with E-state index in [1.807, 2.05) is 6.92 Å². The molecular formula is C16H25FN2O2. The molecule has 1 fully saturated rings. The van der Waals surface area contributed by atoms with Crippen LogP contribution in [-0.4, -0.2) is 49.4 Å². The molecule has 2 atom stereocenters. The first-order valence-corrected chi connectivity index (χ1v) is 7.57. The van der Waals surface area contributed by atoms with E-state index in [9.17, 15) is 9.50 Å². The molecule has 1 aliphatic heterocycles. The lowest BCUT2D eigenvalue weighted by molar-refractivity contribution is 0.121. The number of aliphatic hydroxyl groups is 1. The summed E-state index contributed by atoms with van der Waals surface area (Å²) in [6.07, 6.45) is 2.07. The summed E-state index contributed by atoms with van der Waals surface area (Å²) in [7, 11) is 1.46. The van der Waals surface area contributed by atoms with Crippen LogP contribution >= 0.6 is 0 Å². The first-order valence-electron chi connectivity index (χ1n) is 7.57. The van der Waals surface area contributed by atoms with E-state index in [1.165, 1.54) is 26.0 Å². The van der Waals surface area contributed by atoms with Crippen molar-refractivity contribution >= 4 is 0 Å². The second kappa shape index (κ2) is 7.73. The Hall–Kier alpha value is -1.17. The molecular weight excluding hydrogens is 271 g/mol. The van der Waals surface area contributed by atoms with Crippen LogP contribution in [0.15, 0.2) is 18.2 Å². The van der Waals surface area contributed by atoms with Gasteiger partial charge < -0.3 is 20.1 Å². The predicted molar refractivity (Wildman–Crippen MR) is 81.1 cm³/mol. The molecule has 0 bridgehead atoms. The third kappa shape index (κ3) is 4.66. The number of likely N-dealkylation sites (tertiary alicyclic amines) is 1. The zero-order valence-corrected chi connectivity index (χ0v) is 12.8. The molecule has 0 amide bonds. The molecule has 1 aliphatic rings. The van der Waals surface area contributed by atoms with E-state index in [0.29, 0.717) is 13.1 Å². The summed E-state index contributed by atoms with van der Waals surface area (Å²) in [6.45, 7) is 5.41. The van der Waals surface area contributed by atoms with Crippen LogP contribution in [0.4, 0.5) is 4.39 Å². The fourth-order valence-electron chi connectivity index (χ4n) is 2.70. The number of benzene rings is 1. The van der Waals surface area contributed by atoms with Crippen molar-refractivity contribution in [2.45, 2.75) is 31.9 Å². The Morgan fingerprint density at radius 2 is 2.10 bits per heavy atom. The van der Waals surface area contributed by atoms with Gasteiger partial charge in [0.25, 0.3) is 0 Å². The minimum absolute atomic E-state index is 0.0349. The number of halogens is 1. The zero-order chi connectivity index (χ0) is 15.2. The lowest BCUT2D eigenvalue weighted by atomic mass is 10.1. The molecule has 118 valence electrons. The number of rotatable bonds is 7. The molecule has 4 nitrogen and oxygen atoms in total. The molecule has 5 heteroatoms. The summed E-state index contributed by atoms with van der Waals surface area (Å²) >= 11 is 0. The first kappa shape index (κ1) is 16.2. The van der Waals surface area contributed by atoms with Crippen LogP contribution in [0.25, 0.3) is 0 Å². The van der Waals surface area contributed by atoms with Gasteiger partial charge in [-0.25, -0.2) is 4.39 Å². The first-order chi connectivity index (χ1) is 10.1. The number of ether oxygens (including phenoxy) is 1. The van der Waals surface area contributed by atoms with E-state index in [4.69, 9.17) is 4.74 Å². The molecule has 1 aromatic carbocycles. The number of nitrogens with zero attached hydrogens (tertiary/aromatic N) is 1. The molecule has 1 saturated heterocycles. The van der Waals surface area contributed by atoms with Crippen molar-refractivity contribution in [1.29, 1.82) is 0 Å². The summed E-state index contributed by atoms with van der Waals surface area (Å²) in [6, 6.07) is 4.88. The van der Waals surface area contributed by atoms with Crippen molar-refractivity contribution in [2.24, 2.45) is 0 Å². The summed E-state index contributed by atoms with van der Waals surface area (Å²) in [5.41, 5.74) is 0.946. The maximum Gasteiger partial charge on any atom is 0.165 e. The van der Waals surface area contributed by atoms with Crippen LogP contribution in [0, 0.1) is 5.82 Å². The third-order valence-electron chi connectivity index (χ3n) is 4.00. The molecule has 1 heterocycles. The average Bonchev–Trinajstić information content (AvgIpc) is 2.98. The Morgan fingerprint density at radius 3 is 2.76 bits per heavy atom. The van der Waals surface area contributed by atoms with Crippen molar-refractivity contribution in [2.75, 3.05) is 33.3 Å². The molecule has 0 aliphatic carbocycles. The average molecular weight is 296 g/mol. The topological polar surface area (TPSA) is 44.7 Å². The second-order valence-electron chi connectivity index (χ2n) is 5.69. The van der Waals surface area contributed by atoms with Crippen molar-refractivity contribution < 1.29 is 14.2 Å². The Morgan fingerprint density at radius 1 is 1.38 bits per heavy atom. The molecule has 2 rings (SSSR count). The van der Waals surface area contributed by atoms with E-state index >= 15 is 0 Å². The molecule has 2 unspecified atom stereocenters. The Labute approximate surface area is 125 Å². The van der Waals surface area contributed by atoms with Gasteiger partial charge in [0.05, 0.1) is 13.2 Å². The van der Waals surface area contributed by atoms with Gasteiger partial charge in [-0.2, -0.15) is 0 Å². The number of hydrogen-bond donors (Lipinski definition) is 2. The molecule has 0 spiro atoms. The van der Waals surface area contributed by atoms with Crippen molar-refractivity contribution in [1.82, 2.24) is 10.2 Å². The van der Waals surface area contributed by atoms with Gasteiger partial charge in [0.2, 0.25) is 0 Å². The minimum Gasteiger partial charge on any atom is -0.494 e. The van der Waals surface area contributed by atoms with Crippen molar-refractivity contribution in [3.8, 4) is 5.75 Å². The number of methoxy groups -OCH3 is 1. The van der Waals surface area contributed by atoms with Gasteiger partial charge in [-0.05, 0) is 50.6 Å². The molecule has 0 saturated carbocycles. The standard InChI is InChI=1S/C16H25FN2O2/c1-12(13-5-6-15(17)16(9-13)21-2)18-10-14(20)11-19-7-3-4-8-19/h5-6,9,12,14,18,20H,3-4,7-8,10-11H2,1-2H3. The Balaban J connectivity index is 1.81. The van der Waals surface area contributed by atoms with Crippen LogP contribution in [0.1, 0.15) is 31.4 Å².